The van der Waals surface area contributed by atoms with Crippen LogP contribution in [0.25, 0.3) is 22.2 Å². The first-order valence-electron chi connectivity index (χ1n) is 10.8. The predicted octanol–water partition coefficient (Wildman–Crippen LogP) is 4.24. The molecule has 164 valence electrons. The average Bonchev–Trinajstić information content (AvgIpc) is 2.84. The maximum absolute atomic E-state index is 13.7. The van der Waals surface area contributed by atoms with Gasteiger partial charge in [0.25, 0.3) is 5.91 Å². The fraction of sp³-hybridized carbons (Fsp3) is 0.320. The minimum Gasteiger partial charge on any atom is -0.379 e. The molecule has 0 N–H and O–H groups in total. The van der Waals surface area contributed by atoms with Crippen LogP contribution in [0.1, 0.15) is 16.8 Å². The van der Waals surface area contributed by atoms with Gasteiger partial charge >= 0.3 is 0 Å². The van der Waals surface area contributed by atoms with E-state index in [0.717, 1.165) is 41.8 Å². The molecule has 0 radical (unpaired) electrons. The summed E-state index contributed by atoms with van der Waals surface area (Å²) in [4.78, 5) is 22.5. The molecular weight excluding hydrogens is 424 g/mol. The molecule has 0 unspecified atom stereocenters. The van der Waals surface area contributed by atoms with Crippen molar-refractivity contribution >= 4 is 28.4 Å². The van der Waals surface area contributed by atoms with Crippen molar-refractivity contribution in [3.8, 4) is 17.3 Å². The van der Waals surface area contributed by atoms with Crippen molar-refractivity contribution < 1.29 is 9.53 Å². The molecule has 4 rings (SSSR count). The highest BCUT2D eigenvalue weighted by Crippen LogP contribution is 2.27. The van der Waals surface area contributed by atoms with Crippen LogP contribution in [0.2, 0.25) is 5.02 Å². The Kier molecular flexibility index (Phi) is 7.33. The number of amides is 1. The first-order valence-corrected chi connectivity index (χ1v) is 11.2. The van der Waals surface area contributed by atoms with E-state index < -0.39 is 0 Å². The van der Waals surface area contributed by atoms with Crippen molar-refractivity contribution in [2.45, 2.75) is 6.42 Å². The number of carbonyl (C=O) groups excluding carboxylic acids is 1. The Morgan fingerprint density at radius 3 is 2.62 bits per heavy atom. The van der Waals surface area contributed by atoms with Gasteiger partial charge in [-0.25, -0.2) is 4.98 Å². The Balaban J connectivity index is 1.67. The van der Waals surface area contributed by atoms with Crippen LogP contribution in [-0.2, 0) is 4.74 Å². The second-order valence-electron chi connectivity index (χ2n) is 7.73. The highest BCUT2D eigenvalue weighted by molar-refractivity contribution is 6.30. The SMILES string of the molecule is N#CCCN(CCN1CCOCC1)C(=O)c1cc(-c2ccc(Cl)cc2)nc2ccccc12. The molecule has 1 fully saturated rings. The standard InChI is InChI=1S/C25H25ClN4O2/c26-20-8-6-19(7-9-20)24-18-22(21-4-1-2-5-23(21)28-24)25(31)30(11-3-10-27)13-12-29-14-16-32-17-15-29/h1-2,4-9,18H,3,11-17H2. The smallest absolute Gasteiger partial charge is 0.254 e. The van der Waals surface area contributed by atoms with Gasteiger partial charge in [-0.3, -0.25) is 9.69 Å². The van der Waals surface area contributed by atoms with Crippen molar-refractivity contribution in [2.75, 3.05) is 45.9 Å². The number of rotatable bonds is 7. The van der Waals surface area contributed by atoms with E-state index in [4.69, 9.17) is 26.6 Å². The Morgan fingerprint density at radius 1 is 1.12 bits per heavy atom. The van der Waals surface area contributed by atoms with E-state index in [1.165, 1.54) is 0 Å². The van der Waals surface area contributed by atoms with Crippen LogP contribution in [0.5, 0.6) is 0 Å². The molecule has 3 aromatic rings. The van der Waals surface area contributed by atoms with Gasteiger partial charge < -0.3 is 9.64 Å². The highest BCUT2D eigenvalue weighted by Gasteiger charge is 2.21. The third-order valence-electron chi connectivity index (χ3n) is 5.66. The maximum atomic E-state index is 13.7. The summed E-state index contributed by atoms with van der Waals surface area (Å²) >= 11 is 6.05. The van der Waals surface area contributed by atoms with Crippen molar-refractivity contribution in [3.63, 3.8) is 0 Å². The molecular formula is C25H25ClN4O2. The van der Waals surface area contributed by atoms with E-state index in [1.54, 1.807) is 4.90 Å². The van der Waals surface area contributed by atoms with E-state index in [1.807, 2.05) is 54.6 Å². The summed E-state index contributed by atoms with van der Waals surface area (Å²) in [6.45, 7) is 4.86. The van der Waals surface area contributed by atoms with E-state index in [2.05, 4.69) is 11.0 Å². The maximum Gasteiger partial charge on any atom is 0.254 e. The van der Waals surface area contributed by atoms with Gasteiger partial charge in [0.15, 0.2) is 0 Å². The van der Waals surface area contributed by atoms with Gasteiger partial charge in [-0.2, -0.15) is 5.26 Å². The first kappa shape index (κ1) is 22.2. The Morgan fingerprint density at radius 2 is 1.88 bits per heavy atom. The molecule has 0 bridgehead atoms. The number of nitriles is 1. The molecule has 1 aliphatic heterocycles. The second kappa shape index (κ2) is 10.6. The van der Waals surface area contributed by atoms with Gasteiger partial charge in [-0.05, 0) is 24.3 Å². The summed E-state index contributed by atoms with van der Waals surface area (Å²) in [6, 6.07) is 19.1. The van der Waals surface area contributed by atoms with Crippen LogP contribution < -0.4 is 0 Å². The number of hydrogen-bond donors (Lipinski definition) is 0. The van der Waals surface area contributed by atoms with Crippen molar-refractivity contribution in [2.24, 2.45) is 0 Å². The summed E-state index contributed by atoms with van der Waals surface area (Å²) in [6.07, 6.45) is 0.294. The third kappa shape index (κ3) is 5.25. The zero-order valence-electron chi connectivity index (χ0n) is 17.8. The van der Waals surface area contributed by atoms with Crippen LogP contribution >= 0.6 is 11.6 Å². The number of ether oxygens (including phenoxy) is 1. The number of hydrogen-bond acceptors (Lipinski definition) is 5. The van der Waals surface area contributed by atoms with Crippen molar-refractivity contribution in [3.05, 3.63) is 65.2 Å². The molecule has 0 spiro atoms. The summed E-state index contributed by atoms with van der Waals surface area (Å²) in [5, 5.41) is 10.6. The lowest BCUT2D eigenvalue weighted by Crippen LogP contribution is -2.43. The Labute approximate surface area is 193 Å². The number of nitrogens with zero attached hydrogens (tertiary/aromatic N) is 4. The van der Waals surface area contributed by atoms with Gasteiger partial charge in [0.05, 0.1) is 42.5 Å². The summed E-state index contributed by atoms with van der Waals surface area (Å²) in [5.74, 6) is -0.0812. The lowest BCUT2D eigenvalue weighted by Gasteiger charge is -2.30. The van der Waals surface area contributed by atoms with Gasteiger partial charge in [-0.15, -0.1) is 0 Å². The fourth-order valence-corrected chi connectivity index (χ4v) is 4.00. The molecule has 32 heavy (non-hydrogen) atoms. The third-order valence-corrected chi connectivity index (χ3v) is 5.91. The van der Waals surface area contributed by atoms with E-state index >= 15 is 0 Å². The minimum absolute atomic E-state index is 0.0812. The number of pyridine rings is 1. The first-order chi connectivity index (χ1) is 15.7. The van der Waals surface area contributed by atoms with Crippen LogP contribution in [-0.4, -0.2) is 66.6 Å². The number of aromatic nitrogens is 1. The van der Waals surface area contributed by atoms with Crippen LogP contribution in [0, 0.1) is 11.3 Å². The van der Waals surface area contributed by atoms with E-state index in [-0.39, 0.29) is 5.91 Å². The number of para-hydroxylation sites is 1. The Bertz CT molecular complexity index is 1120. The van der Waals surface area contributed by atoms with Crippen LogP contribution in [0.15, 0.2) is 54.6 Å². The predicted molar refractivity (Wildman–Crippen MR) is 126 cm³/mol. The number of benzene rings is 2. The molecule has 1 aliphatic rings. The van der Waals surface area contributed by atoms with Gasteiger partial charge in [0.2, 0.25) is 0 Å². The summed E-state index contributed by atoms with van der Waals surface area (Å²) in [5.41, 5.74) is 2.97. The zero-order chi connectivity index (χ0) is 22.3. The van der Waals surface area contributed by atoms with Crippen molar-refractivity contribution in [1.29, 1.82) is 5.26 Å². The molecule has 2 aromatic carbocycles. The van der Waals surface area contributed by atoms with Gasteiger partial charge in [0, 0.05) is 48.7 Å². The molecule has 0 aliphatic carbocycles. The number of fused-ring (bicyclic) bond motifs is 1. The fourth-order valence-electron chi connectivity index (χ4n) is 3.88. The monoisotopic (exact) mass is 448 g/mol. The quantitative estimate of drug-likeness (QED) is 0.540. The number of morpholine rings is 1. The molecule has 1 amide bonds. The number of carbonyl (C=O) groups is 1. The second-order valence-corrected chi connectivity index (χ2v) is 8.17. The molecule has 0 atom stereocenters. The molecule has 6 nitrogen and oxygen atoms in total. The van der Waals surface area contributed by atoms with Gasteiger partial charge in [0.1, 0.15) is 0 Å². The van der Waals surface area contributed by atoms with Crippen LogP contribution in [0.3, 0.4) is 0 Å². The largest absolute Gasteiger partial charge is 0.379 e. The molecule has 2 heterocycles. The summed E-state index contributed by atoms with van der Waals surface area (Å²) < 4.78 is 5.42. The Hall–Kier alpha value is -2.98. The van der Waals surface area contributed by atoms with E-state index in [9.17, 15) is 4.79 Å². The lowest BCUT2D eigenvalue weighted by molar-refractivity contribution is 0.0326. The van der Waals surface area contributed by atoms with Crippen LogP contribution in [0.4, 0.5) is 0 Å². The van der Waals surface area contributed by atoms with E-state index in [0.29, 0.717) is 43.3 Å². The molecule has 0 saturated carbocycles. The summed E-state index contributed by atoms with van der Waals surface area (Å²) in [7, 11) is 0. The normalized spacial score (nSPS) is 14.2. The van der Waals surface area contributed by atoms with Crippen molar-refractivity contribution in [1.82, 2.24) is 14.8 Å². The topological polar surface area (TPSA) is 69.5 Å². The average molecular weight is 449 g/mol. The zero-order valence-corrected chi connectivity index (χ0v) is 18.6. The highest BCUT2D eigenvalue weighted by atomic mass is 35.5. The molecule has 1 saturated heterocycles. The number of halogens is 1. The lowest BCUT2D eigenvalue weighted by atomic mass is 10.0. The van der Waals surface area contributed by atoms with Gasteiger partial charge in [-0.1, -0.05) is 41.9 Å². The molecule has 1 aromatic heterocycles. The minimum atomic E-state index is -0.0812. The molecule has 7 heteroatoms.